The number of benzene rings is 1. The summed E-state index contributed by atoms with van der Waals surface area (Å²) < 4.78 is 1.84. The molecule has 1 N–H and O–H groups in total. The number of nitrogens with one attached hydrogen (secondary N) is 1. The molecule has 1 aliphatic heterocycles. The Kier molecular flexibility index (Phi) is 5.14. The molecule has 0 saturated carbocycles. The first-order valence-corrected chi connectivity index (χ1v) is 9.37. The minimum atomic E-state index is -0.0828. The first kappa shape index (κ1) is 17.3. The van der Waals surface area contributed by atoms with Crippen LogP contribution in [0.4, 0.5) is 5.69 Å². The predicted octanol–water partition coefficient (Wildman–Crippen LogP) is 3.19. The van der Waals surface area contributed by atoms with Crippen LogP contribution in [0.2, 0.25) is 0 Å². The average Bonchev–Trinajstić information content (AvgIpc) is 3.28. The van der Waals surface area contributed by atoms with Crippen molar-refractivity contribution in [3.8, 4) is 5.82 Å². The van der Waals surface area contributed by atoms with Crippen LogP contribution in [0.1, 0.15) is 35.2 Å². The summed E-state index contributed by atoms with van der Waals surface area (Å²) in [5.74, 6) is 0.691. The minimum absolute atomic E-state index is 0.0828. The highest BCUT2D eigenvalue weighted by molar-refractivity contribution is 5.94. The number of piperidine rings is 1. The van der Waals surface area contributed by atoms with Gasteiger partial charge in [-0.3, -0.25) is 9.36 Å². The third-order valence-electron chi connectivity index (χ3n) is 4.91. The fourth-order valence-electron chi connectivity index (χ4n) is 3.44. The zero-order valence-electron chi connectivity index (χ0n) is 15.2. The second kappa shape index (κ2) is 8.03. The molecular weight excluding hydrogens is 338 g/mol. The molecule has 3 heterocycles. The molecule has 138 valence electrons. The number of imidazole rings is 1. The molecule has 0 radical (unpaired) electrons. The second-order valence-electron chi connectivity index (χ2n) is 6.73. The van der Waals surface area contributed by atoms with Crippen LogP contribution in [-0.4, -0.2) is 33.5 Å². The quantitative estimate of drug-likeness (QED) is 0.758. The van der Waals surface area contributed by atoms with E-state index in [1.54, 1.807) is 18.7 Å². The molecule has 6 heteroatoms. The molecule has 6 nitrogen and oxygen atoms in total. The molecule has 1 amide bonds. The highest BCUT2D eigenvalue weighted by Gasteiger charge is 2.13. The van der Waals surface area contributed by atoms with E-state index in [1.807, 2.05) is 47.2 Å². The summed E-state index contributed by atoms with van der Waals surface area (Å²) in [6.45, 7) is 2.61. The van der Waals surface area contributed by atoms with Gasteiger partial charge in [0, 0.05) is 55.0 Å². The summed E-state index contributed by atoms with van der Waals surface area (Å²) in [6, 6.07) is 11.7. The van der Waals surface area contributed by atoms with E-state index in [9.17, 15) is 4.79 Å². The topological polar surface area (TPSA) is 63.1 Å². The first-order valence-electron chi connectivity index (χ1n) is 9.37. The summed E-state index contributed by atoms with van der Waals surface area (Å²) >= 11 is 0. The Bertz CT molecular complexity index is 883. The maximum absolute atomic E-state index is 12.5. The van der Waals surface area contributed by atoms with Gasteiger partial charge in [-0.05, 0) is 49.6 Å². The molecular formula is C21H23N5O. The number of pyridine rings is 1. The molecule has 0 aliphatic carbocycles. The highest BCUT2D eigenvalue weighted by Crippen LogP contribution is 2.20. The molecule has 2 aromatic heterocycles. The van der Waals surface area contributed by atoms with Crippen LogP contribution >= 0.6 is 0 Å². The minimum Gasteiger partial charge on any atom is -0.372 e. The normalized spacial score (nSPS) is 14.1. The number of amides is 1. The average molecular weight is 361 g/mol. The van der Waals surface area contributed by atoms with E-state index in [0.717, 1.165) is 24.5 Å². The number of hydrogen-bond donors (Lipinski definition) is 1. The Hall–Kier alpha value is -3.15. The maximum Gasteiger partial charge on any atom is 0.251 e. The number of carbonyl (C=O) groups excluding carboxylic acids is 1. The largest absolute Gasteiger partial charge is 0.372 e. The molecule has 1 saturated heterocycles. The van der Waals surface area contributed by atoms with E-state index >= 15 is 0 Å². The van der Waals surface area contributed by atoms with Crippen LogP contribution in [0.5, 0.6) is 0 Å². The van der Waals surface area contributed by atoms with Gasteiger partial charge in [-0.1, -0.05) is 6.07 Å². The number of carbonyl (C=O) groups is 1. The Morgan fingerprint density at radius 1 is 1.04 bits per heavy atom. The molecule has 27 heavy (non-hydrogen) atoms. The third kappa shape index (κ3) is 4.00. The molecule has 1 aliphatic rings. The smallest absolute Gasteiger partial charge is 0.251 e. The van der Waals surface area contributed by atoms with Crippen LogP contribution in [0, 0.1) is 0 Å². The fraction of sp³-hybridized carbons (Fsp3) is 0.286. The van der Waals surface area contributed by atoms with E-state index in [-0.39, 0.29) is 5.91 Å². The van der Waals surface area contributed by atoms with Gasteiger partial charge in [0.15, 0.2) is 0 Å². The summed E-state index contributed by atoms with van der Waals surface area (Å²) in [5, 5.41) is 2.99. The summed E-state index contributed by atoms with van der Waals surface area (Å²) in [5.41, 5.74) is 2.80. The van der Waals surface area contributed by atoms with Crippen molar-refractivity contribution >= 4 is 11.6 Å². The zero-order valence-corrected chi connectivity index (χ0v) is 15.2. The summed E-state index contributed by atoms with van der Waals surface area (Å²) in [6.07, 6.45) is 10.8. The van der Waals surface area contributed by atoms with Crippen molar-refractivity contribution in [3.63, 3.8) is 0 Å². The van der Waals surface area contributed by atoms with Crippen LogP contribution < -0.4 is 10.2 Å². The lowest BCUT2D eigenvalue weighted by Gasteiger charge is -2.28. The van der Waals surface area contributed by atoms with Crippen LogP contribution in [0.3, 0.4) is 0 Å². The van der Waals surface area contributed by atoms with Gasteiger partial charge in [-0.15, -0.1) is 0 Å². The number of nitrogens with zero attached hydrogens (tertiary/aromatic N) is 4. The van der Waals surface area contributed by atoms with Crippen molar-refractivity contribution in [1.82, 2.24) is 19.9 Å². The fourth-order valence-corrected chi connectivity index (χ4v) is 3.44. The lowest BCUT2D eigenvalue weighted by molar-refractivity contribution is 0.0951. The molecule has 3 aromatic rings. The number of aromatic nitrogens is 3. The van der Waals surface area contributed by atoms with Gasteiger partial charge < -0.3 is 10.2 Å². The maximum atomic E-state index is 12.5. The first-order chi connectivity index (χ1) is 13.3. The van der Waals surface area contributed by atoms with E-state index in [1.165, 1.54) is 24.9 Å². The zero-order chi connectivity index (χ0) is 18.5. The number of hydrogen-bond acceptors (Lipinski definition) is 4. The molecule has 0 bridgehead atoms. The van der Waals surface area contributed by atoms with Crippen molar-refractivity contribution in [2.75, 3.05) is 18.0 Å². The van der Waals surface area contributed by atoms with Crippen molar-refractivity contribution in [2.24, 2.45) is 0 Å². The predicted molar refractivity (Wildman–Crippen MR) is 105 cm³/mol. The Morgan fingerprint density at radius 3 is 2.59 bits per heavy atom. The van der Waals surface area contributed by atoms with Crippen LogP contribution in [0.25, 0.3) is 5.82 Å². The van der Waals surface area contributed by atoms with Crippen molar-refractivity contribution in [1.29, 1.82) is 0 Å². The molecule has 0 unspecified atom stereocenters. The van der Waals surface area contributed by atoms with Gasteiger partial charge in [-0.25, -0.2) is 9.97 Å². The van der Waals surface area contributed by atoms with Gasteiger partial charge in [0.1, 0.15) is 12.1 Å². The van der Waals surface area contributed by atoms with Crippen molar-refractivity contribution < 1.29 is 4.79 Å². The van der Waals surface area contributed by atoms with Crippen LogP contribution in [0.15, 0.2) is 61.3 Å². The lowest BCUT2D eigenvalue weighted by atomic mass is 10.1. The van der Waals surface area contributed by atoms with Crippen molar-refractivity contribution in [3.05, 3.63) is 72.4 Å². The van der Waals surface area contributed by atoms with Gasteiger partial charge in [0.05, 0.1) is 0 Å². The molecule has 1 fully saturated rings. The van der Waals surface area contributed by atoms with E-state index in [4.69, 9.17) is 0 Å². The third-order valence-corrected chi connectivity index (χ3v) is 4.91. The molecule has 0 atom stereocenters. The highest BCUT2D eigenvalue weighted by atomic mass is 16.1. The van der Waals surface area contributed by atoms with Crippen molar-refractivity contribution in [2.45, 2.75) is 25.8 Å². The van der Waals surface area contributed by atoms with Gasteiger partial charge >= 0.3 is 0 Å². The molecule has 4 rings (SSSR count). The SMILES string of the molecule is O=C(NCc1cccnc1-n1ccnc1)c1ccc(N2CCCCC2)cc1. The Balaban J connectivity index is 1.41. The standard InChI is InChI=1S/C21H23N5O/c27-21(17-6-8-19(9-7-17)25-12-2-1-3-13-25)24-15-18-5-4-10-23-20(18)26-14-11-22-16-26/h4-11,14,16H,1-3,12-13,15H2,(H,24,27). The molecule has 1 aromatic carbocycles. The number of rotatable bonds is 5. The van der Waals surface area contributed by atoms with Crippen LogP contribution in [-0.2, 0) is 6.54 Å². The Morgan fingerprint density at radius 2 is 1.85 bits per heavy atom. The monoisotopic (exact) mass is 361 g/mol. The number of anilines is 1. The van der Waals surface area contributed by atoms with Gasteiger partial charge in [0.2, 0.25) is 0 Å². The van der Waals surface area contributed by atoms with Gasteiger partial charge in [0.25, 0.3) is 5.91 Å². The summed E-state index contributed by atoms with van der Waals surface area (Å²) in [4.78, 5) is 23.4. The van der Waals surface area contributed by atoms with E-state index in [2.05, 4.69) is 20.2 Å². The Labute approximate surface area is 158 Å². The van der Waals surface area contributed by atoms with E-state index in [0.29, 0.717) is 12.1 Å². The molecule has 0 spiro atoms. The lowest BCUT2D eigenvalue weighted by Crippen LogP contribution is -2.29. The summed E-state index contributed by atoms with van der Waals surface area (Å²) in [7, 11) is 0. The second-order valence-corrected chi connectivity index (χ2v) is 6.73. The van der Waals surface area contributed by atoms with E-state index < -0.39 is 0 Å². The van der Waals surface area contributed by atoms with Gasteiger partial charge in [-0.2, -0.15) is 0 Å².